The lowest BCUT2D eigenvalue weighted by molar-refractivity contribution is -0.167. The van der Waals surface area contributed by atoms with Crippen molar-refractivity contribution in [1.82, 2.24) is 0 Å². The van der Waals surface area contributed by atoms with Gasteiger partial charge in [-0.15, -0.1) is 0 Å². The van der Waals surface area contributed by atoms with E-state index in [1.807, 2.05) is 0 Å². The maximum Gasteiger partial charge on any atom is 0.306 e. The van der Waals surface area contributed by atoms with Crippen molar-refractivity contribution in [3.63, 3.8) is 0 Å². The van der Waals surface area contributed by atoms with Gasteiger partial charge >= 0.3 is 17.9 Å². The molecule has 1 atom stereocenters. The lowest BCUT2D eigenvalue weighted by Crippen LogP contribution is -2.30. The highest BCUT2D eigenvalue weighted by molar-refractivity contribution is 5.71. The monoisotopic (exact) mass is 969 g/mol. The normalized spacial score (nSPS) is 12.2. The number of carbonyl (C=O) groups excluding carboxylic acids is 3. The molecule has 0 N–H and O–H groups in total. The summed E-state index contributed by atoms with van der Waals surface area (Å²) in [4.78, 5) is 38.2. The molecule has 0 amide bonds. The zero-order valence-corrected chi connectivity index (χ0v) is 46.3. The van der Waals surface area contributed by atoms with Crippen LogP contribution in [0.2, 0.25) is 0 Å². The summed E-state index contributed by atoms with van der Waals surface area (Å²) in [5, 5.41) is 0. The van der Waals surface area contributed by atoms with Gasteiger partial charge in [0.15, 0.2) is 6.10 Å². The maximum atomic E-state index is 12.9. The van der Waals surface area contributed by atoms with Gasteiger partial charge in [0.2, 0.25) is 0 Å². The van der Waals surface area contributed by atoms with Gasteiger partial charge in [0.1, 0.15) is 13.2 Å². The van der Waals surface area contributed by atoms with Crippen LogP contribution in [-0.2, 0) is 28.6 Å². The number of allylic oxidation sites excluding steroid dienone is 6. The second kappa shape index (κ2) is 58.2. The second-order valence-electron chi connectivity index (χ2n) is 20.6. The molecule has 0 spiro atoms. The Morgan fingerprint density at radius 3 is 0.826 bits per heavy atom. The van der Waals surface area contributed by atoms with Crippen LogP contribution in [0.4, 0.5) is 0 Å². The van der Waals surface area contributed by atoms with Crippen LogP contribution in [0.25, 0.3) is 0 Å². The SMILES string of the molecule is CCCCCCCCC/C=C\C=C/CCCCCC(=O)OC(COC(=O)CCCCCCC/C=C\CCCCCCCCC)COC(=O)CCCCCCCCCCCCCCCCCCCCC. The number of rotatable bonds is 56. The number of unbranched alkanes of at least 4 members (excludes halogenated alkanes) is 40. The highest BCUT2D eigenvalue weighted by atomic mass is 16.6. The van der Waals surface area contributed by atoms with Gasteiger partial charge in [-0.1, -0.05) is 276 Å². The Kier molecular flexibility index (Phi) is 56.2. The second-order valence-corrected chi connectivity index (χ2v) is 20.6. The molecule has 404 valence electrons. The number of carbonyl (C=O) groups is 3. The maximum absolute atomic E-state index is 12.9. The van der Waals surface area contributed by atoms with Crippen LogP contribution in [0.3, 0.4) is 0 Å². The molecule has 0 aliphatic heterocycles. The van der Waals surface area contributed by atoms with E-state index in [0.29, 0.717) is 19.3 Å². The summed E-state index contributed by atoms with van der Waals surface area (Å²) in [6, 6.07) is 0. The third-order valence-corrected chi connectivity index (χ3v) is 13.6. The molecule has 0 saturated heterocycles. The van der Waals surface area contributed by atoms with E-state index in [1.165, 1.54) is 212 Å². The molecule has 0 aliphatic carbocycles. The van der Waals surface area contributed by atoms with Crippen molar-refractivity contribution >= 4 is 17.9 Å². The molecule has 6 heteroatoms. The summed E-state index contributed by atoms with van der Waals surface area (Å²) in [7, 11) is 0. The molecule has 0 radical (unpaired) electrons. The van der Waals surface area contributed by atoms with Crippen LogP contribution in [-0.4, -0.2) is 37.2 Å². The third kappa shape index (κ3) is 56.4. The van der Waals surface area contributed by atoms with Crippen molar-refractivity contribution in [2.24, 2.45) is 0 Å². The molecule has 0 rings (SSSR count). The van der Waals surface area contributed by atoms with Crippen molar-refractivity contribution in [2.45, 2.75) is 335 Å². The summed E-state index contributed by atoms with van der Waals surface area (Å²) in [6.07, 6.45) is 70.0. The van der Waals surface area contributed by atoms with Crippen molar-refractivity contribution < 1.29 is 28.6 Å². The molecule has 0 aliphatic rings. The van der Waals surface area contributed by atoms with Crippen molar-refractivity contribution in [3.8, 4) is 0 Å². The van der Waals surface area contributed by atoms with Gasteiger partial charge in [0.05, 0.1) is 0 Å². The summed E-state index contributed by atoms with van der Waals surface area (Å²) in [5.74, 6) is -0.897. The Balaban J connectivity index is 4.37. The van der Waals surface area contributed by atoms with E-state index in [0.717, 1.165) is 77.0 Å². The molecule has 0 saturated carbocycles. The molecule has 6 nitrogen and oxygen atoms in total. The first-order valence-electron chi connectivity index (χ1n) is 30.5. The molecule has 0 aromatic rings. The first-order chi connectivity index (χ1) is 34.0. The average molecular weight is 970 g/mol. The van der Waals surface area contributed by atoms with Crippen LogP contribution < -0.4 is 0 Å². The third-order valence-electron chi connectivity index (χ3n) is 13.6. The molecule has 0 aromatic heterocycles. The number of hydrogen-bond acceptors (Lipinski definition) is 6. The number of esters is 3. The summed E-state index contributed by atoms with van der Waals surface area (Å²) < 4.78 is 16.9. The minimum atomic E-state index is -0.787. The summed E-state index contributed by atoms with van der Waals surface area (Å²) >= 11 is 0. The van der Waals surface area contributed by atoms with E-state index >= 15 is 0 Å². The van der Waals surface area contributed by atoms with E-state index in [4.69, 9.17) is 14.2 Å². The lowest BCUT2D eigenvalue weighted by Gasteiger charge is -2.18. The molecule has 0 bridgehead atoms. The standard InChI is InChI=1S/C63H116O6/c1-4-7-10-13-16-19-22-25-28-31-32-33-36-38-41-44-47-50-53-56-62(65)68-59-60(69-63(66)57-54-51-48-45-42-39-35-30-27-24-21-18-15-12-9-6-3)58-67-61(64)55-52-49-46-43-40-37-34-29-26-23-20-17-14-11-8-5-2/h29-30,34-35,39,42,60H,4-28,31-33,36-38,40-41,43-59H2,1-3H3/b34-29-,35-30-,42-39-. The van der Waals surface area contributed by atoms with Gasteiger partial charge in [-0.05, 0) is 70.6 Å². The van der Waals surface area contributed by atoms with E-state index in [-0.39, 0.29) is 31.1 Å². The molecule has 69 heavy (non-hydrogen) atoms. The first kappa shape index (κ1) is 66.6. The summed E-state index contributed by atoms with van der Waals surface area (Å²) in [6.45, 7) is 6.65. The Morgan fingerprint density at radius 1 is 0.290 bits per heavy atom. The van der Waals surface area contributed by atoms with Gasteiger partial charge in [-0.2, -0.15) is 0 Å². The van der Waals surface area contributed by atoms with E-state index in [1.54, 1.807) is 0 Å². The zero-order valence-electron chi connectivity index (χ0n) is 46.3. The molecule has 1 unspecified atom stereocenters. The Labute approximate surface area is 429 Å². The number of hydrogen-bond donors (Lipinski definition) is 0. The minimum absolute atomic E-state index is 0.0816. The first-order valence-corrected chi connectivity index (χ1v) is 30.5. The Morgan fingerprint density at radius 2 is 0.522 bits per heavy atom. The van der Waals surface area contributed by atoms with Crippen molar-refractivity contribution in [3.05, 3.63) is 36.5 Å². The van der Waals surface area contributed by atoms with E-state index in [9.17, 15) is 14.4 Å². The molecular weight excluding hydrogens is 853 g/mol. The van der Waals surface area contributed by atoms with Crippen LogP contribution >= 0.6 is 0 Å². The minimum Gasteiger partial charge on any atom is -0.462 e. The van der Waals surface area contributed by atoms with Crippen molar-refractivity contribution in [1.29, 1.82) is 0 Å². The van der Waals surface area contributed by atoms with Crippen molar-refractivity contribution in [2.75, 3.05) is 13.2 Å². The molecule has 0 aromatic carbocycles. The lowest BCUT2D eigenvalue weighted by atomic mass is 10.0. The van der Waals surface area contributed by atoms with Crippen LogP contribution in [0.1, 0.15) is 329 Å². The average Bonchev–Trinajstić information content (AvgIpc) is 3.35. The Hall–Kier alpha value is -2.37. The smallest absolute Gasteiger partial charge is 0.306 e. The van der Waals surface area contributed by atoms with Gasteiger partial charge in [0, 0.05) is 19.3 Å². The van der Waals surface area contributed by atoms with Gasteiger partial charge in [-0.25, -0.2) is 0 Å². The molecular formula is C63H116O6. The van der Waals surface area contributed by atoms with Gasteiger partial charge < -0.3 is 14.2 Å². The van der Waals surface area contributed by atoms with Crippen LogP contribution in [0.15, 0.2) is 36.5 Å². The van der Waals surface area contributed by atoms with E-state index in [2.05, 4.69) is 57.2 Å². The quantitative estimate of drug-likeness (QED) is 0.0199. The van der Waals surface area contributed by atoms with Gasteiger partial charge in [0.25, 0.3) is 0 Å². The van der Waals surface area contributed by atoms with E-state index < -0.39 is 6.10 Å². The van der Waals surface area contributed by atoms with Crippen LogP contribution in [0, 0.1) is 0 Å². The zero-order chi connectivity index (χ0) is 50.0. The highest BCUT2D eigenvalue weighted by Crippen LogP contribution is 2.17. The highest BCUT2D eigenvalue weighted by Gasteiger charge is 2.19. The van der Waals surface area contributed by atoms with Gasteiger partial charge in [-0.3, -0.25) is 14.4 Å². The topological polar surface area (TPSA) is 78.9 Å². The summed E-state index contributed by atoms with van der Waals surface area (Å²) in [5.41, 5.74) is 0. The molecule has 0 heterocycles. The fourth-order valence-corrected chi connectivity index (χ4v) is 9.02. The predicted molar refractivity (Wildman–Crippen MR) is 298 cm³/mol. The number of ether oxygens (including phenoxy) is 3. The Bertz CT molecular complexity index is 1160. The van der Waals surface area contributed by atoms with Crippen LogP contribution in [0.5, 0.6) is 0 Å². The fraction of sp³-hybridized carbons (Fsp3) is 0.857. The molecule has 0 fully saturated rings. The predicted octanol–water partition coefficient (Wildman–Crippen LogP) is 20.4. The largest absolute Gasteiger partial charge is 0.462 e. The fourth-order valence-electron chi connectivity index (χ4n) is 9.02.